The van der Waals surface area contributed by atoms with Gasteiger partial charge in [0.05, 0.1) is 12.5 Å². The fourth-order valence-electron chi connectivity index (χ4n) is 2.23. The highest BCUT2D eigenvalue weighted by Gasteiger charge is 2.48. The van der Waals surface area contributed by atoms with Gasteiger partial charge in [-0.1, -0.05) is 6.92 Å². The Kier molecular flexibility index (Phi) is 1.81. The molecule has 0 aromatic carbocycles. The molecule has 2 rings (SSSR count). The SMILES string of the molecule is CC1C(OO)CC2OC(=O)CC21. The number of esters is 1. The monoisotopic (exact) mass is 172 g/mol. The Morgan fingerprint density at radius 3 is 3.00 bits per heavy atom. The van der Waals surface area contributed by atoms with Crippen LogP contribution in [0.5, 0.6) is 0 Å². The second-order valence-electron chi connectivity index (χ2n) is 3.63. The van der Waals surface area contributed by atoms with Crippen LogP contribution >= 0.6 is 0 Å². The third-order valence-corrected chi connectivity index (χ3v) is 3.02. The molecule has 1 heterocycles. The summed E-state index contributed by atoms with van der Waals surface area (Å²) in [6.45, 7) is 1.98. The van der Waals surface area contributed by atoms with Gasteiger partial charge in [-0.15, -0.1) is 0 Å². The fourth-order valence-corrected chi connectivity index (χ4v) is 2.23. The third kappa shape index (κ3) is 1.03. The lowest BCUT2D eigenvalue weighted by Crippen LogP contribution is -2.18. The summed E-state index contributed by atoms with van der Waals surface area (Å²) < 4.78 is 5.06. The van der Waals surface area contributed by atoms with Crippen molar-refractivity contribution in [2.45, 2.75) is 32.0 Å². The van der Waals surface area contributed by atoms with Gasteiger partial charge in [0.1, 0.15) is 6.10 Å². The molecule has 1 aliphatic carbocycles. The van der Waals surface area contributed by atoms with Crippen LogP contribution in [0.15, 0.2) is 0 Å². The Morgan fingerprint density at radius 1 is 1.67 bits per heavy atom. The van der Waals surface area contributed by atoms with Crippen molar-refractivity contribution in [2.24, 2.45) is 11.8 Å². The number of hydrogen-bond donors (Lipinski definition) is 1. The summed E-state index contributed by atoms with van der Waals surface area (Å²) in [5.41, 5.74) is 0. The van der Waals surface area contributed by atoms with Gasteiger partial charge in [-0.25, -0.2) is 4.89 Å². The molecule has 0 aromatic rings. The smallest absolute Gasteiger partial charge is 0.306 e. The zero-order valence-corrected chi connectivity index (χ0v) is 6.90. The van der Waals surface area contributed by atoms with Gasteiger partial charge >= 0.3 is 5.97 Å². The minimum absolute atomic E-state index is 0.0235. The van der Waals surface area contributed by atoms with E-state index in [1.165, 1.54) is 0 Å². The van der Waals surface area contributed by atoms with Gasteiger partial charge < -0.3 is 4.74 Å². The molecular formula is C8H12O4. The largest absolute Gasteiger partial charge is 0.462 e. The Labute approximate surface area is 70.4 Å². The van der Waals surface area contributed by atoms with E-state index in [0.717, 1.165) is 0 Å². The van der Waals surface area contributed by atoms with Crippen LogP contribution in [-0.2, 0) is 14.4 Å². The number of carbonyl (C=O) groups excluding carboxylic acids is 1. The minimum atomic E-state index is -0.159. The summed E-state index contributed by atoms with van der Waals surface area (Å²) in [4.78, 5) is 15.2. The van der Waals surface area contributed by atoms with Crippen LogP contribution in [0.1, 0.15) is 19.8 Å². The maximum atomic E-state index is 10.9. The zero-order chi connectivity index (χ0) is 8.72. The maximum absolute atomic E-state index is 10.9. The van der Waals surface area contributed by atoms with Crippen molar-refractivity contribution in [3.63, 3.8) is 0 Å². The summed E-state index contributed by atoms with van der Waals surface area (Å²) in [6, 6.07) is 0. The molecule has 2 aliphatic rings. The highest BCUT2D eigenvalue weighted by atomic mass is 17.1. The zero-order valence-electron chi connectivity index (χ0n) is 6.90. The lowest BCUT2D eigenvalue weighted by Gasteiger charge is -2.13. The van der Waals surface area contributed by atoms with Crippen molar-refractivity contribution in [2.75, 3.05) is 0 Å². The fraction of sp³-hybridized carbons (Fsp3) is 0.875. The maximum Gasteiger partial charge on any atom is 0.306 e. The summed E-state index contributed by atoms with van der Waals surface area (Å²) in [6.07, 6.45) is 0.928. The van der Waals surface area contributed by atoms with Gasteiger partial charge in [0.2, 0.25) is 0 Å². The van der Waals surface area contributed by atoms with Crippen LogP contribution in [0.4, 0.5) is 0 Å². The van der Waals surface area contributed by atoms with E-state index in [0.29, 0.717) is 12.8 Å². The number of hydrogen-bond acceptors (Lipinski definition) is 4. The molecule has 4 heteroatoms. The normalized spacial score (nSPS) is 46.0. The van der Waals surface area contributed by atoms with Crippen molar-refractivity contribution in [3.8, 4) is 0 Å². The van der Waals surface area contributed by atoms with E-state index in [-0.39, 0.29) is 30.0 Å². The molecule has 0 spiro atoms. The second kappa shape index (κ2) is 2.71. The van der Waals surface area contributed by atoms with Gasteiger partial charge in [-0.2, -0.15) is 0 Å². The molecule has 1 saturated carbocycles. The van der Waals surface area contributed by atoms with E-state index in [1.54, 1.807) is 0 Å². The summed E-state index contributed by atoms with van der Waals surface area (Å²) in [5, 5.41) is 8.52. The molecule has 2 fully saturated rings. The van der Waals surface area contributed by atoms with Crippen LogP contribution in [0.2, 0.25) is 0 Å². The molecule has 68 valence electrons. The average Bonchev–Trinajstić information content (AvgIpc) is 2.51. The van der Waals surface area contributed by atoms with Gasteiger partial charge in [0.25, 0.3) is 0 Å². The lowest BCUT2D eigenvalue weighted by atomic mass is 9.94. The van der Waals surface area contributed by atoms with Gasteiger partial charge in [0.15, 0.2) is 0 Å². The molecular weight excluding hydrogens is 160 g/mol. The lowest BCUT2D eigenvalue weighted by molar-refractivity contribution is -0.286. The van der Waals surface area contributed by atoms with Gasteiger partial charge in [-0.05, 0) is 5.92 Å². The minimum Gasteiger partial charge on any atom is -0.462 e. The molecule has 1 aliphatic heterocycles. The Morgan fingerprint density at radius 2 is 2.42 bits per heavy atom. The van der Waals surface area contributed by atoms with Crippen LogP contribution in [0, 0.1) is 11.8 Å². The standard InChI is InChI=1S/C8H12O4/c1-4-5-2-8(9)11-7(5)3-6(4)12-10/h4-7,10H,2-3H2,1H3. The van der Waals surface area contributed by atoms with Crippen molar-refractivity contribution < 1.29 is 19.7 Å². The highest BCUT2D eigenvalue weighted by molar-refractivity contribution is 5.72. The molecule has 4 nitrogen and oxygen atoms in total. The first-order valence-corrected chi connectivity index (χ1v) is 4.22. The van der Waals surface area contributed by atoms with Crippen LogP contribution in [0.25, 0.3) is 0 Å². The molecule has 1 saturated heterocycles. The van der Waals surface area contributed by atoms with E-state index in [1.807, 2.05) is 6.92 Å². The van der Waals surface area contributed by atoms with Crippen molar-refractivity contribution >= 4 is 5.97 Å². The molecule has 0 aromatic heterocycles. The first-order valence-electron chi connectivity index (χ1n) is 4.22. The van der Waals surface area contributed by atoms with E-state index >= 15 is 0 Å². The molecule has 0 amide bonds. The van der Waals surface area contributed by atoms with Crippen LogP contribution < -0.4 is 0 Å². The molecule has 1 N–H and O–H groups in total. The number of rotatable bonds is 1. The van der Waals surface area contributed by atoms with E-state index in [4.69, 9.17) is 9.99 Å². The summed E-state index contributed by atoms with van der Waals surface area (Å²) >= 11 is 0. The summed E-state index contributed by atoms with van der Waals surface area (Å²) in [5.74, 6) is 0.342. The molecule has 0 bridgehead atoms. The first-order chi connectivity index (χ1) is 5.72. The number of carbonyl (C=O) groups is 1. The Hall–Kier alpha value is -0.610. The van der Waals surface area contributed by atoms with Crippen molar-refractivity contribution in [3.05, 3.63) is 0 Å². The van der Waals surface area contributed by atoms with Crippen LogP contribution in [0.3, 0.4) is 0 Å². The van der Waals surface area contributed by atoms with E-state index in [9.17, 15) is 4.79 Å². The quantitative estimate of drug-likeness (QED) is 0.361. The summed E-state index contributed by atoms with van der Waals surface area (Å²) in [7, 11) is 0. The Bertz CT molecular complexity index is 203. The topological polar surface area (TPSA) is 55.8 Å². The Balaban J connectivity index is 2.08. The first kappa shape index (κ1) is 8.01. The number of ether oxygens (including phenoxy) is 1. The average molecular weight is 172 g/mol. The van der Waals surface area contributed by atoms with Crippen molar-refractivity contribution in [1.82, 2.24) is 0 Å². The predicted octanol–water partition coefficient (Wildman–Crippen LogP) is 0.816. The van der Waals surface area contributed by atoms with Crippen LogP contribution in [-0.4, -0.2) is 23.4 Å². The second-order valence-corrected chi connectivity index (χ2v) is 3.63. The van der Waals surface area contributed by atoms with Gasteiger partial charge in [-0.3, -0.25) is 10.1 Å². The van der Waals surface area contributed by atoms with Crippen molar-refractivity contribution in [1.29, 1.82) is 0 Å². The molecule has 4 atom stereocenters. The number of fused-ring (bicyclic) bond motifs is 1. The molecule has 12 heavy (non-hydrogen) atoms. The predicted molar refractivity (Wildman–Crippen MR) is 39.3 cm³/mol. The van der Waals surface area contributed by atoms with E-state index < -0.39 is 0 Å². The molecule has 4 unspecified atom stereocenters. The third-order valence-electron chi connectivity index (χ3n) is 3.02. The van der Waals surface area contributed by atoms with Gasteiger partial charge in [0, 0.05) is 12.3 Å². The molecule has 0 radical (unpaired) electrons. The van der Waals surface area contributed by atoms with E-state index in [2.05, 4.69) is 4.89 Å². The highest BCUT2D eigenvalue weighted by Crippen LogP contribution is 2.41.